The van der Waals surface area contributed by atoms with Crippen LogP contribution in [0.3, 0.4) is 0 Å². The Morgan fingerprint density at radius 3 is 2.28 bits per heavy atom. The highest BCUT2D eigenvalue weighted by atomic mass is 14.9. The number of imidazole rings is 1. The van der Waals surface area contributed by atoms with Gasteiger partial charge in [0.25, 0.3) is 0 Å². The fraction of sp³-hybridized carbons (Fsp3) is 0.462. The van der Waals surface area contributed by atoms with Gasteiger partial charge < -0.3 is 4.98 Å². The number of aromatic amines is 1. The summed E-state index contributed by atoms with van der Waals surface area (Å²) in [6.45, 7) is 14.1. The SMILES string of the molecule is Cc1cc2c(cc1C(C)c1ccc(Cc3ncc[nH]3)cn1)C(C)(C)CCC2(C)C. The van der Waals surface area contributed by atoms with Crippen molar-refractivity contribution in [2.75, 3.05) is 0 Å². The van der Waals surface area contributed by atoms with Crippen molar-refractivity contribution in [3.8, 4) is 0 Å². The lowest BCUT2D eigenvalue weighted by molar-refractivity contribution is 0.331. The Hall–Kier alpha value is -2.42. The monoisotopic (exact) mass is 387 g/mol. The molecule has 1 N–H and O–H groups in total. The van der Waals surface area contributed by atoms with E-state index in [2.05, 4.69) is 75.8 Å². The summed E-state index contributed by atoms with van der Waals surface area (Å²) < 4.78 is 0. The molecule has 2 heterocycles. The fourth-order valence-corrected chi connectivity index (χ4v) is 4.75. The average Bonchev–Trinajstić information content (AvgIpc) is 3.18. The van der Waals surface area contributed by atoms with E-state index in [1.165, 1.54) is 40.7 Å². The number of fused-ring (bicyclic) bond motifs is 1. The summed E-state index contributed by atoms with van der Waals surface area (Å²) in [5.74, 6) is 1.25. The van der Waals surface area contributed by atoms with Gasteiger partial charge in [-0.2, -0.15) is 0 Å². The van der Waals surface area contributed by atoms with Crippen molar-refractivity contribution in [1.29, 1.82) is 0 Å². The number of aromatic nitrogens is 3. The topological polar surface area (TPSA) is 41.6 Å². The second kappa shape index (κ2) is 7.12. The Kier molecular flexibility index (Phi) is 4.88. The van der Waals surface area contributed by atoms with E-state index in [0.29, 0.717) is 0 Å². The number of H-pyrrole nitrogens is 1. The molecule has 0 fully saturated rings. The van der Waals surface area contributed by atoms with Crippen molar-refractivity contribution < 1.29 is 0 Å². The number of nitrogens with one attached hydrogen (secondary N) is 1. The van der Waals surface area contributed by atoms with Gasteiger partial charge in [0.15, 0.2) is 0 Å². The first-order valence-corrected chi connectivity index (χ1v) is 10.8. The Labute approximate surface area is 175 Å². The molecule has 152 valence electrons. The van der Waals surface area contributed by atoms with E-state index in [0.717, 1.165) is 17.9 Å². The van der Waals surface area contributed by atoms with Crippen LogP contribution in [-0.4, -0.2) is 15.0 Å². The highest BCUT2D eigenvalue weighted by molar-refractivity contribution is 5.49. The highest BCUT2D eigenvalue weighted by Gasteiger charge is 2.37. The van der Waals surface area contributed by atoms with Gasteiger partial charge in [0.05, 0.1) is 0 Å². The van der Waals surface area contributed by atoms with Crippen LogP contribution in [0.1, 0.15) is 92.7 Å². The normalized spacial score (nSPS) is 18.3. The number of hydrogen-bond donors (Lipinski definition) is 1. The molecular formula is C26H33N3. The zero-order valence-corrected chi connectivity index (χ0v) is 18.6. The van der Waals surface area contributed by atoms with E-state index in [1.54, 1.807) is 6.20 Å². The van der Waals surface area contributed by atoms with Gasteiger partial charge in [-0.05, 0) is 64.5 Å². The third-order valence-electron chi connectivity index (χ3n) is 6.92. The summed E-state index contributed by atoms with van der Waals surface area (Å²) in [5, 5.41) is 0. The molecule has 3 nitrogen and oxygen atoms in total. The molecule has 1 aliphatic carbocycles. The third kappa shape index (κ3) is 3.75. The van der Waals surface area contributed by atoms with Gasteiger partial charge in [0, 0.05) is 36.6 Å². The van der Waals surface area contributed by atoms with Crippen LogP contribution in [0, 0.1) is 6.92 Å². The summed E-state index contributed by atoms with van der Waals surface area (Å²) in [4.78, 5) is 12.3. The lowest BCUT2D eigenvalue weighted by Gasteiger charge is -2.42. The smallest absolute Gasteiger partial charge is 0.110 e. The van der Waals surface area contributed by atoms with E-state index in [-0.39, 0.29) is 16.7 Å². The molecule has 3 heteroatoms. The van der Waals surface area contributed by atoms with E-state index >= 15 is 0 Å². The predicted octanol–water partition coefficient (Wildman–Crippen LogP) is 6.20. The lowest BCUT2D eigenvalue weighted by Crippen LogP contribution is -2.34. The number of aryl methyl sites for hydroxylation is 1. The minimum Gasteiger partial charge on any atom is -0.348 e. The van der Waals surface area contributed by atoms with Crippen molar-refractivity contribution in [1.82, 2.24) is 15.0 Å². The van der Waals surface area contributed by atoms with Crippen LogP contribution in [-0.2, 0) is 17.3 Å². The summed E-state index contributed by atoms with van der Waals surface area (Å²) in [5.41, 5.74) is 8.63. The van der Waals surface area contributed by atoms with Crippen LogP contribution in [0.4, 0.5) is 0 Å². The first kappa shape index (κ1) is 19.9. The third-order valence-corrected chi connectivity index (χ3v) is 6.92. The molecule has 0 amide bonds. The molecule has 3 aromatic rings. The highest BCUT2D eigenvalue weighted by Crippen LogP contribution is 2.47. The van der Waals surface area contributed by atoms with Crippen LogP contribution < -0.4 is 0 Å². The summed E-state index contributed by atoms with van der Waals surface area (Å²) >= 11 is 0. The standard InChI is InChI=1S/C26H33N3/c1-17-13-21-22(26(5,6)10-9-25(21,3)4)15-20(17)18(2)23-8-7-19(16-29-23)14-24-27-11-12-28-24/h7-8,11-13,15-16,18H,9-10,14H2,1-6H3,(H,27,28). The second-order valence-electron chi connectivity index (χ2n) is 10.0. The molecule has 4 rings (SSSR count). The number of benzene rings is 1. The Balaban J connectivity index is 1.66. The van der Waals surface area contributed by atoms with Gasteiger partial charge in [0.2, 0.25) is 0 Å². The number of pyridine rings is 1. The van der Waals surface area contributed by atoms with Gasteiger partial charge >= 0.3 is 0 Å². The molecular weight excluding hydrogens is 354 g/mol. The predicted molar refractivity (Wildman–Crippen MR) is 120 cm³/mol. The van der Waals surface area contributed by atoms with Crippen molar-refractivity contribution in [3.05, 3.63) is 82.2 Å². The van der Waals surface area contributed by atoms with E-state index in [4.69, 9.17) is 4.98 Å². The molecule has 0 aliphatic heterocycles. The Morgan fingerprint density at radius 2 is 1.69 bits per heavy atom. The maximum absolute atomic E-state index is 4.81. The molecule has 0 saturated heterocycles. The number of hydrogen-bond acceptors (Lipinski definition) is 2. The Morgan fingerprint density at radius 1 is 1.00 bits per heavy atom. The van der Waals surface area contributed by atoms with Crippen molar-refractivity contribution in [2.45, 2.75) is 77.6 Å². The first-order valence-electron chi connectivity index (χ1n) is 10.8. The largest absolute Gasteiger partial charge is 0.348 e. The average molecular weight is 388 g/mol. The lowest BCUT2D eigenvalue weighted by atomic mass is 9.62. The zero-order chi connectivity index (χ0) is 20.8. The quantitative estimate of drug-likeness (QED) is 0.578. The molecule has 1 atom stereocenters. The second-order valence-corrected chi connectivity index (χ2v) is 10.0. The minimum atomic E-state index is 0.230. The summed E-state index contributed by atoms with van der Waals surface area (Å²) in [6, 6.07) is 9.29. The van der Waals surface area contributed by atoms with Crippen LogP contribution in [0.2, 0.25) is 0 Å². The van der Waals surface area contributed by atoms with Crippen molar-refractivity contribution >= 4 is 0 Å². The molecule has 0 saturated carbocycles. The minimum absolute atomic E-state index is 0.230. The maximum Gasteiger partial charge on any atom is 0.110 e. The maximum atomic E-state index is 4.81. The van der Waals surface area contributed by atoms with Gasteiger partial charge in [-0.3, -0.25) is 4.98 Å². The van der Waals surface area contributed by atoms with E-state index in [9.17, 15) is 0 Å². The molecule has 0 radical (unpaired) electrons. The first-order chi connectivity index (χ1) is 13.7. The van der Waals surface area contributed by atoms with Crippen LogP contribution in [0.15, 0.2) is 42.9 Å². The van der Waals surface area contributed by atoms with Crippen LogP contribution in [0.25, 0.3) is 0 Å². The van der Waals surface area contributed by atoms with Gasteiger partial charge in [-0.1, -0.05) is 52.8 Å². The number of nitrogens with zero attached hydrogens (tertiary/aromatic N) is 2. The molecule has 1 aliphatic rings. The van der Waals surface area contributed by atoms with Crippen molar-refractivity contribution in [3.63, 3.8) is 0 Å². The van der Waals surface area contributed by atoms with Gasteiger partial charge in [-0.15, -0.1) is 0 Å². The zero-order valence-electron chi connectivity index (χ0n) is 18.6. The van der Waals surface area contributed by atoms with E-state index < -0.39 is 0 Å². The molecule has 0 spiro atoms. The van der Waals surface area contributed by atoms with Gasteiger partial charge in [0.1, 0.15) is 5.82 Å². The van der Waals surface area contributed by atoms with Crippen LogP contribution in [0.5, 0.6) is 0 Å². The van der Waals surface area contributed by atoms with Gasteiger partial charge in [-0.25, -0.2) is 4.98 Å². The number of rotatable bonds is 4. The van der Waals surface area contributed by atoms with Crippen molar-refractivity contribution in [2.24, 2.45) is 0 Å². The fourth-order valence-electron chi connectivity index (χ4n) is 4.75. The molecule has 1 aromatic carbocycles. The molecule has 2 aromatic heterocycles. The van der Waals surface area contributed by atoms with Crippen LogP contribution >= 0.6 is 0 Å². The molecule has 1 unspecified atom stereocenters. The Bertz CT molecular complexity index is 995. The van der Waals surface area contributed by atoms with E-state index in [1.807, 2.05) is 12.4 Å². The molecule has 29 heavy (non-hydrogen) atoms. The summed E-state index contributed by atoms with van der Waals surface area (Å²) in [6.07, 6.45) is 8.93. The molecule has 0 bridgehead atoms. The summed E-state index contributed by atoms with van der Waals surface area (Å²) in [7, 11) is 0.